The zero-order valence-corrected chi connectivity index (χ0v) is 12.7. The Morgan fingerprint density at radius 2 is 2.05 bits per heavy atom. The van der Waals surface area contributed by atoms with E-state index in [4.69, 9.17) is 10.00 Å². The van der Waals surface area contributed by atoms with E-state index in [1.165, 1.54) is 0 Å². The van der Waals surface area contributed by atoms with Gasteiger partial charge >= 0.3 is 0 Å². The van der Waals surface area contributed by atoms with Crippen LogP contribution in [-0.4, -0.2) is 23.6 Å². The molecule has 0 saturated carbocycles. The lowest BCUT2D eigenvalue weighted by atomic mass is 10.0. The molecule has 0 amide bonds. The van der Waals surface area contributed by atoms with Gasteiger partial charge in [0.2, 0.25) is 0 Å². The second kappa shape index (κ2) is 6.23. The fourth-order valence-corrected chi connectivity index (χ4v) is 2.19. The van der Waals surface area contributed by atoms with Gasteiger partial charge in [0, 0.05) is 17.7 Å². The van der Waals surface area contributed by atoms with Crippen molar-refractivity contribution >= 4 is 5.82 Å². The number of benzene rings is 1. The van der Waals surface area contributed by atoms with Gasteiger partial charge in [0.05, 0.1) is 24.4 Å². The molecule has 5 heteroatoms. The van der Waals surface area contributed by atoms with Gasteiger partial charge in [0.15, 0.2) is 0 Å². The van der Waals surface area contributed by atoms with Gasteiger partial charge in [-0.05, 0) is 39.0 Å². The van der Waals surface area contributed by atoms with Crippen LogP contribution in [0.25, 0.3) is 11.3 Å². The number of anilines is 1. The van der Waals surface area contributed by atoms with E-state index in [-0.39, 0.29) is 0 Å². The highest BCUT2D eigenvalue weighted by molar-refractivity contribution is 5.74. The number of aryl methyl sites for hydroxylation is 1. The Bertz CT molecular complexity index is 704. The van der Waals surface area contributed by atoms with E-state index in [0.29, 0.717) is 17.1 Å². The van der Waals surface area contributed by atoms with Gasteiger partial charge in [-0.15, -0.1) is 0 Å². The van der Waals surface area contributed by atoms with Crippen LogP contribution in [0.3, 0.4) is 0 Å². The largest absolute Gasteiger partial charge is 0.496 e. The summed E-state index contributed by atoms with van der Waals surface area (Å²) in [6, 6.07) is 7.47. The second-order valence-electron chi connectivity index (χ2n) is 4.65. The molecule has 21 heavy (non-hydrogen) atoms. The molecule has 0 aliphatic heterocycles. The van der Waals surface area contributed by atoms with Crippen LogP contribution < -0.4 is 10.1 Å². The molecule has 5 nitrogen and oxygen atoms in total. The average Bonchev–Trinajstić information content (AvgIpc) is 2.50. The number of nitrogens with one attached hydrogen (secondary N) is 1. The molecule has 1 N–H and O–H groups in total. The molecule has 0 fully saturated rings. The van der Waals surface area contributed by atoms with Crippen LogP contribution in [0, 0.1) is 25.2 Å². The first kappa shape index (κ1) is 14.8. The zero-order chi connectivity index (χ0) is 15.4. The zero-order valence-electron chi connectivity index (χ0n) is 12.7. The first-order valence-corrected chi connectivity index (χ1v) is 6.78. The van der Waals surface area contributed by atoms with E-state index in [2.05, 4.69) is 21.4 Å². The molecule has 0 saturated heterocycles. The maximum atomic E-state index is 9.10. The predicted molar refractivity (Wildman–Crippen MR) is 82.4 cm³/mol. The number of nitriles is 1. The maximum Gasteiger partial charge on any atom is 0.133 e. The topological polar surface area (TPSA) is 70.8 Å². The van der Waals surface area contributed by atoms with E-state index in [0.717, 1.165) is 29.2 Å². The van der Waals surface area contributed by atoms with Crippen molar-refractivity contribution < 1.29 is 4.74 Å². The quantitative estimate of drug-likeness (QED) is 0.933. The summed E-state index contributed by atoms with van der Waals surface area (Å²) < 4.78 is 5.40. The van der Waals surface area contributed by atoms with Gasteiger partial charge in [0.25, 0.3) is 0 Å². The third-order valence-corrected chi connectivity index (χ3v) is 3.19. The first-order valence-electron chi connectivity index (χ1n) is 6.78. The molecule has 0 aliphatic carbocycles. The first-order chi connectivity index (χ1) is 10.1. The molecular weight excluding hydrogens is 264 g/mol. The van der Waals surface area contributed by atoms with Gasteiger partial charge in [0.1, 0.15) is 17.4 Å². The number of hydrogen-bond donors (Lipinski definition) is 1. The van der Waals surface area contributed by atoms with Gasteiger partial charge in [-0.25, -0.2) is 9.97 Å². The van der Waals surface area contributed by atoms with Crippen molar-refractivity contribution in [1.82, 2.24) is 9.97 Å². The maximum absolute atomic E-state index is 9.10. The number of hydrogen-bond acceptors (Lipinski definition) is 5. The van der Waals surface area contributed by atoms with Gasteiger partial charge in [-0.2, -0.15) is 5.26 Å². The van der Waals surface area contributed by atoms with Crippen LogP contribution in [0.5, 0.6) is 5.75 Å². The SMILES string of the molecule is CCNc1nc(C)nc(-c2cc(C#N)ccc2OC)c1C. The highest BCUT2D eigenvalue weighted by atomic mass is 16.5. The molecule has 0 bridgehead atoms. The minimum Gasteiger partial charge on any atom is -0.496 e. The molecule has 1 aromatic carbocycles. The van der Waals surface area contributed by atoms with Crippen LogP contribution in [0.15, 0.2) is 18.2 Å². The smallest absolute Gasteiger partial charge is 0.133 e. The summed E-state index contributed by atoms with van der Waals surface area (Å²) >= 11 is 0. The Morgan fingerprint density at radius 3 is 2.67 bits per heavy atom. The van der Waals surface area contributed by atoms with Crippen molar-refractivity contribution in [2.45, 2.75) is 20.8 Å². The third-order valence-electron chi connectivity index (χ3n) is 3.19. The van der Waals surface area contributed by atoms with Crippen molar-refractivity contribution in [3.63, 3.8) is 0 Å². The minimum absolute atomic E-state index is 0.575. The van der Waals surface area contributed by atoms with Crippen molar-refractivity contribution in [2.24, 2.45) is 0 Å². The normalized spacial score (nSPS) is 10.0. The average molecular weight is 282 g/mol. The molecule has 0 radical (unpaired) electrons. The van der Waals surface area contributed by atoms with Crippen LogP contribution in [0.4, 0.5) is 5.82 Å². The van der Waals surface area contributed by atoms with Gasteiger partial charge in [-0.1, -0.05) is 0 Å². The Balaban J connectivity index is 2.69. The number of ether oxygens (including phenoxy) is 1. The van der Waals surface area contributed by atoms with Gasteiger partial charge < -0.3 is 10.1 Å². The summed E-state index contributed by atoms with van der Waals surface area (Å²) in [5.41, 5.74) is 3.11. The minimum atomic E-state index is 0.575. The second-order valence-corrected chi connectivity index (χ2v) is 4.65. The summed E-state index contributed by atoms with van der Waals surface area (Å²) in [4.78, 5) is 8.95. The van der Waals surface area contributed by atoms with Crippen LogP contribution in [0.2, 0.25) is 0 Å². The summed E-state index contributed by atoms with van der Waals surface area (Å²) in [7, 11) is 1.61. The lowest BCUT2D eigenvalue weighted by Gasteiger charge is -2.14. The number of nitrogens with zero attached hydrogens (tertiary/aromatic N) is 3. The van der Waals surface area contributed by atoms with Crippen LogP contribution in [0.1, 0.15) is 23.9 Å². The Morgan fingerprint density at radius 1 is 1.29 bits per heavy atom. The van der Waals surface area contributed by atoms with E-state index >= 15 is 0 Å². The Labute approximate surface area is 124 Å². The van der Waals surface area contributed by atoms with Crippen molar-refractivity contribution in [3.8, 4) is 23.1 Å². The molecule has 0 unspecified atom stereocenters. The predicted octanol–water partition coefficient (Wildman–Crippen LogP) is 3.07. The van der Waals surface area contributed by atoms with E-state index in [1.807, 2.05) is 20.8 Å². The molecular formula is C16H18N4O. The molecule has 0 spiro atoms. The third kappa shape index (κ3) is 2.95. The number of aromatic nitrogens is 2. The summed E-state index contributed by atoms with van der Waals surface area (Å²) in [6.07, 6.45) is 0. The summed E-state index contributed by atoms with van der Waals surface area (Å²) in [5, 5.41) is 12.3. The standard InChI is InChI=1S/C16H18N4O/c1-5-18-16-10(2)15(19-11(3)20-16)13-8-12(9-17)6-7-14(13)21-4/h6-8H,5H2,1-4H3,(H,18,19,20). The van der Waals surface area contributed by atoms with Crippen molar-refractivity contribution in [3.05, 3.63) is 35.2 Å². The molecule has 2 aromatic rings. The number of rotatable bonds is 4. The fraction of sp³-hybridized carbons (Fsp3) is 0.312. The van der Waals surface area contributed by atoms with Crippen molar-refractivity contribution in [1.29, 1.82) is 5.26 Å². The van der Waals surface area contributed by atoms with E-state index in [9.17, 15) is 0 Å². The highest BCUT2D eigenvalue weighted by Crippen LogP contribution is 2.33. The van der Waals surface area contributed by atoms with Crippen molar-refractivity contribution in [2.75, 3.05) is 19.0 Å². The molecule has 1 heterocycles. The number of methoxy groups -OCH3 is 1. The van der Waals surface area contributed by atoms with Crippen LogP contribution in [-0.2, 0) is 0 Å². The fourth-order valence-electron chi connectivity index (χ4n) is 2.19. The molecule has 0 aliphatic rings. The summed E-state index contributed by atoms with van der Waals surface area (Å²) in [6.45, 7) is 6.62. The molecule has 2 rings (SSSR count). The Kier molecular flexibility index (Phi) is 4.39. The highest BCUT2D eigenvalue weighted by Gasteiger charge is 2.15. The summed E-state index contributed by atoms with van der Waals surface area (Å²) in [5.74, 6) is 2.18. The van der Waals surface area contributed by atoms with E-state index in [1.54, 1.807) is 25.3 Å². The monoisotopic (exact) mass is 282 g/mol. The lowest BCUT2D eigenvalue weighted by molar-refractivity contribution is 0.416. The van der Waals surface area contributed by atoms with Crippen LogP contribution >= 0.6 is 0 Å². The van der Waals surface area contributed by atoms with Gasteiger partial charge in [-0.3, -0.25) is 0 Å². The van der Waals surface area contributed by atoms with E-state index < -0.39 is 0 Å². The lowest BCUT2D eigenvalue weighted by Crippen LogP contribution is -2.06. The Hall–Kier alpha value is -2.61. The molecule has 1 aromatic heterocycles. The molecule has 0 atom stereocenters. The molecule has 108 valence electrons.